The molecule has 25 heavy (non-hydrogen) atoms. The number of benzene rings is 1. The molecule has 0 unspecified atom stereocenters. The molecule has 0 aliphatic carbocycles. The van der Waals surface area contributed by atoms with E-state index in [0.29, 0.717) is 29.4 Å². The molecule has 0 radical (unpaired) electrons. The largest absolute Gasteiger partial charge is 0.469 e. The lowest BCUT2D eigenvalue weighted by molar-refractivity contribution is -0.140. The summed E-state index contributed by atoms with van der Waals surface area (Å²) in [7, 11) is 1.30. The Morgan fingerprint density at radius 2 is 2.12 bits per heavy atom. The van der Waals surface area contributed by atoms with Gasteiger partial charge in [-0.2, -0.15) is 13.2 Å². The number of nitrogens with one attached hydrogen (secondary N) is 1. The number of fused-ring (bicyclic) bond motifs is 1. The number of halogens is 3. The summed E-state index contributed by atoms with van der Waals surface area (Å²) in [5, 5.41) is 0. The van der Waals surface area contributed by atoms with Crippen molar-refractivity contribution in [2.45, 2.75) is 25.9 Å². The van der Waals surface area contributed by atoms with Gasteiger partial charge in [-0.05, 0) is 19.1 Å². The second-order valence-corrected chi connectivity index (χ2v) is 5.21. The zero-order valence-corrected chi connectivity index (χ0v) is 13.7. The molecule has 5 nitrogen and oxygen atoms in total. The molecular formula is C17H17F3N2O3. The van der Waals surface area contributed by atoms with Crippen LogP contribution in [0.1, 0.15) is 19.2 Å². The fourth-order valence-electron chi connectivity index (χ4n) is 2.23. The Morgan fingerprint density at radius 3 is 2.72 bits per heavy atom. The first-order chi connectivity index (χ1) is 11.7. The molecule has 1 aromatic heterocycles. The normalized spacial score (nSPS) is 12.7. The Morgan fingerprint density at radius 1 is 1.40 bits per heavy atom. The molecule has 0 saturated heterocycles. The van der Waals surface area contributed by atoms with E-state index in [9.17, 15) is 18.0 Å². The van der Waals surface area contributed by atoms with Crippen LogP contribution in [0.3, 0.4) is 0 Å². The van der Waals surface area contributed by atoms with Crippen LogP contribution in [-0.4, -0.2) is 29.2 Å². The third-order valence-electron chi connectivity index (χ3n) is 3.46. The highest BCUT2D eigenvalue weighted by molar-refractivity contribution is 5.77. The first-order valence-electron chi connectivity index (χ1n) is 7.38. The number of rotatable bonds is 6. The summed E-state index contributed by atoms with van der Waals surface area (Å²) in [6.07, 6.45) is -3.28. The van der Waals surface area contributed by atoms with E-state index in [2.05, 4.69) is 21.3 Å². The average molecular weight is 354 g/mol. The van der Waals surface area contributed by atoms with Crippen molar-refractivity contribution < 1.29 is 27.4 Å². The lowest BCUT2D eigenvalue weighted by Crippen LogP contribution is -2.13. The summed E-state index contributed by atoms with van der Waals surface area (Å²) in [5.41, 5.74) is 0.277. The number of carbonyl (C=O) groups is 1. The number of aryl methyl sites for hydroxylation is 1. The molecule has 0 atom stereocenters. The predicted molar refractivity (Wildman–Crippen MR) is 86.0 cm³/mol. The topological polar surface area (TPSA) is 64.2 Å². The number of alkyl halides is 3. The number of nitrogens with zero attached hydrogens (tertiary/aromatic N) is 1. The van der Waals surface area contributed by atoms with Crippen molar-refractivity contribution in [3.05, 3.63) is 48.0 Å². The molecule has 2 aromatic rings. The molecule has 134 valence electrons. The first-order valence-corrected chi connectivity index (χ1v) is 7.38. The Kier molecular flexibility index (Phi) is 5.51. The van der Waals surface area contributed by atoms with Gasteiger partial charge in [-0.25, -0.2) is 4.98 Å². The number of ether oxygens (including phenoxy) is 2. The molecule has 0 bridgehead atoms. The van der Waals surface area contributed by atoms with Crippen molar-refractivity contribution in [3.8, 4) is 5.75 Å². The van der Waals surface area contributed by atoms with Crippen molar-refractivity contribution in [2.75, 3.05) is 7.11 Å². The number of allylic oxidation sites excluding steroid dienone is 3. The number of aromatic amines is 1. The maximum Gasteiger partial charge on any atom is 0.419 e. The quantitative estimate of drug-likeness (QED) is 0.482. The summed E-state index contributed by atoms with van der Waals surface area (Å²) in [5.74, 6) is 0.143. The van der Waals surface area contributed by atoms with Crippen molar-refractivity contribution >= 4 is 17.0 Å². The van der Waals surface area contributed by atoms with Gasteiger partial charge in [-0.3, -0.25) is 4.79 Å². The zero-order valence-electron chi connectivity index (χ0n) is 13.7. The van der Waals surface area contributed by atoms with E-state index in [1.54, 1.807) is 6.07 Å². The van der Waals surface area contributed by atoms with Crippen molar-refractivity contribution in [3.63, 3.8) is 0 Å². The second kappa shape index (κ2) is 7.42. The standard InChI is InChI=1S/C17H17F3N2O3/c1-4-12(17(18,19)20)10(2)25-11-5-6-13-14(9-11)22-15(21-13)7-8-16(23)24-3/h4-6,9H,1,7-8H2,2-3H3,(H,21,22)/b12-10+. The van der Waals surface area contributed by atoms with E-state index in [0.717, 1.165) is 0 Å². The highest BCUT2D eigenvalue weighted by atomic mass is 19.4. The molecular weight excluding hydrogens is 337 g/mol. The summed E-state index contributed by atoms with van der Waals surface area (Å²) in [4.78, 5) is 18.5. The number of carbonyl (C=O) groups excluding carboxylic acids is 1. The van der Waals surface area contributed by atoms with Crippen LogP contribution in [0.4, 0.5) is 13.2 Å². The van der Waals surface area contributed by atoms with Crippen molar-refractivity contribution in [1.82, 2.24) is 9.97 Å². The molecule has 0 aliphatic heterocycles. The Bertz CT molecular complexity index is 822. The molecule has 0 spiro atoms. The van der Waals surface area contributed by atoms with Crippen LogP contribution in [0.5, 0.6) is 5.75 Å². The van der Waals surface area contributed by atoms with Gasteiger partial charge in [-0.1, -0.05) is 12.7 Å². The van der Waals surface area contributed by atoms with Gasteiger partial charge in [-0.15, -0.1) is 0 Å². The Hall–Kier alpha value is -2.77. The number of H-pyrrole nitrogens is 1. The van der Waals surface area contributed by atoms with E-state index < -0.39 is 11.7 Å². The van der Waals surface area contributed by atoms with Crippen LogP contribution in [0.2, 0.25) is 0 Å². The minimum atomic E-state index is -4.54. The van der Waals surface area contributed by atoms with E-state index in [1.807, 2.05) is 0 Å². The second-order valence-electron chi connectivity index (χ2n) is 5.21. The maximum atomic E-state index is 12.8. The molecule has 8 heteroatoms. The van der Waals surface area contributed by atoms with Crippen LogP contribution < -0.4 is 4.74 Å². The summed E-state index contributed by atoms with van der Waals surface area (Å²) in [6.45, 7) is 4.40. The third-order valence-corrected chi connectivity index (χ3v) is 3.46. The Balaban J connectivity index is 2.22. The lowest BCUT2D eigenvalue weighted by Gasteiger charge is -2.13. The minimum absolute atomic E-state index is 0.176. The summed E-state index contributed by atoms with van der Waals surface area (Å²) in [6, 6.07) is 4.70. The fourth-order valence-corrected chi connectivity index (χ4v) is 2.23. The molecule has 0 amide bonds. The summed E-state index contributed by atoms with van der Waals surface area (Å²) >= 11 is 0. The highest BCUT2D eigenvalue weighted by Crippen LogP contribution is 2.30. The third kappa shape index (κ3) is 4.62. The average Bonchev–Trinajstić information content (AvgIpc) is 2.93. The monoisotopic (exact) mass is 354 g/mol. The molecule has 0 fully saturated rings. The predicted octanol–water partition coefficient (Wildman–Crippen LogP) is 4.07. The Labute approximate surface area is 142 Å². The number of hydrogen-bond acceptors (Lipinski definition) is 4. The van der Waals surface area contributed by atoms with Crippen LogP contribution in [0.25, 0.3) is 11.0 Å². The number of imidazole rings is 1. The van der Waals surface area contributed by atoms with E-state index >= 15 is 0 Å². The molecule has 2 rings (SSSR count). The van der Waals surface area contributed by atoms with Crippen LogP contribution in [0, 0.1) is 0 Å². The van der Waals surface area contributed by atoms with Gasteiger partial charge in [0.05, 0.1) is 30.1 Å². The number of hydrogen-bond donors (Lipinski definition) is 1. The van der Waals surface area contributed by atoms with Gasteiger partial charge >= 0.3 is 12.1 Å². The molecule has 1 aromatic carbocycles. The van der Waals surface area contributed by atoms with E-state index in [-0.39, 0.29) is 23.9 Å². The smallest absolute Gasteiger partial charge is 0.419 e. The van der Waals surface area contributed by atoms with Gasteiger partial charge in [0.25, 0.3) is 0 Å². The van der Waals surface area contributed by atoms with E-state index in [4.69, 9.17) is 4.74 Å². The van der Waals surface area contributed by atoms with Crippen LogP contribution in [0.15, 0.2) is 42.2 Å². The molecule has 0 saturated carbocycles. The first kappa shape index (κ1) is 18.6. The minimum Gasteiger partial charge on any atom is -0.469 e. The van der Waals surface area contributed by atoms with Gasteiger partial charge < -0.3 is 14.5 Å². The van der Waals surface area contributed by atoms with E-state index in [1.165, 1.54) is 26.2 Å². The number of esters is 1. The number of aromatic nitrogens is 2. The summed E-state index contributed by atoms with van der Waals surface area (Å²) < 4.78 is 48.4. The van der Waals surface area contributed by atoms with Crippen molar-refractivity contribution in [2.24, 2.45) is 0 Å². The number of methoxy groups -OCH3 is 1. The SMILES string of the molecule is C=C/C(=C(/C)Oc1ccc2[nH]c(CCC(=O)OC)nc2c1)C(F)(F)F. The zero-order chi connectivity index (χ0) is 18.6. The van der Waals surface area contributed by atoms with Crippen LogP contribution in [-0.2, 0) is 16.0 Å². The van der Waals surface area contributed by atoms with Crippen molar-refractivity contribution in [1.29, 1.82) is 0 Å². The fraction of sp³-hybridized carbons (Fsp3) is 0.294. The van der Waals surface area contributed by atoms with Gasteiger partial charge in [0.1, 0.15) is 17.3 Å². The molecule has 1 N–H and O–H groups in total. The van der Waals surface area contributed by atoms with Gasteiger partial charge in [0.2, 0.25) is 0 Å². The van der Waals surface area contributed by atoms with Crippen LogP contribution >= 0.6 is 0 Å². The highest BCUT2D eigenvalue weighted by Gasteiger charge is 2.34. The lowest BCUT2D eigenvalue weighted by atomic mass is 10.2. The molecule has 1 heterocycles. The van der Waals surface area contributed by atoms with Gasteiger partial charge in [0, 0.05) is 12.5 Å². The maximum absolute atomic E-state index is 12.8. The van der Waals surface area contributed by atoms with Gasteiger partial charge in [0.15, 0.2) is 0 Å². The molecule has 0 aliphatic rings.